The lowest BCUT2D eigenvalue weighted by molar-refractivity contribution is 0.268. The standard InChI is InChI=1S/C8H9ClFNO.ClH/c9-8-5(7(11)4-12)2-1-3-6(8)10;/h1-3,7,12H,4,11H2;1H/t7-;/m0./s1. The Kier molecular flexibility index (Phi) is 5.25. The Morgan fingerprint density at radius 2 is 2.15 bits per heavy atom. The average Bonchev–Trinajstić information content (AvgIpc) is 2.08. The van der Waals surface area contributed by atoms with Crippen molar-refractivity contribution in [2.75, 3.05) is 6.61 Å². The van der Waals surface area contributed by atoms with E-state index in [9.17, 15) is 4.39 Å². The molecule has 1 rings (SSSR count). The van der Waals surface area contributed by atoms with Gasteiger partial charge in [-0.3, -0.25) is 0 Å². The van der Waals surface area contributed by atoms with Gasteiger partial charge >= 0.3 is 0 Å². The molecule has 3 N–H and O–H groups in total. The highest BCUT2D eigenvalue weighted by molar-refractivity contribution is 6.31. The van der Waals surface area contributed by atoms with Gasteiger partial charge in [-0.1, -0.05) is 23.7 Å². The number of halogens is 3. The Morgan fingerprint density at radius 3 is 2.69 bits per heavy atom. The van der Waals surface area contributed by atoms with Gasteiger partial charge in [0.05, 0.1) is 17.7 Å². The molecule has 0 fully saturated rings. The van der Waals surface area contributed by atoms with Crippen molar-refractivity contribution in [3.8, 4) is 0 Å². The first kappa shape index (κ1) is 12.7. The van der Waals surface area contributed by atoms with E-state index >= 15 is 0 Å². The molecule has 0 spiro atoms. The molecule has 0 unspecified atom stereocenters. The molecule has 1 aromatic carbocycles. The largest absolute Gasteiger partial charge is 0.394 e. The van der Waals surface area contributed by atoms with E-state index in [0.29, 0.717) is 5.56 Å². The summed E-state index contributed by atoms with van der Waals surface area (Å²) in [7, 11) is 0. The van der Waals surface area contributed by atoms with Gasteiger partial charge in [0.2, 0.25) is 0 Å². The summed E-state index contributed by atoms with van der Waals surface area (Å²) in [5.74, 6) is -0.516. The number of hydrogen-bond acceptors (Lipinski definition) is 2. The van der Waals surface area contributed by atoms with Crippen LogP contribution in [0.1, 0.15) is 11.6 Å². The fourth-order valence-electron chi connectivity index (χ4n) is 0.905. The molecule has 2 nitrogen and oxygen atoms in total. The maximum atomic E-state index is 12.8. The minimum Gasteiger partial charge on any atom is -0.394 e. The maximum Gasteiger partial charge on any atom is 0.142 e. The summed E-state index contributed by atoms with van der Waals surface area (Å²) in [5, 5.41) is 8.68. The van der Waals surface area contributed by atoms with E-state index in [1.807, 2.05) is 0 Å². The Balaban J connectivity index is 0.00000144. The summed E-state index contributed by atoms with van der Waals surface area (Å²) >= 11 is 5.60. The van der Waals surface area contributed by atoms with Crippen molar-refractivity contribution in [3.63, 3.8) is 0 Å². The van der Waals surface area contributed by atoms with Crippen LogP contribution in [-0.2, 0) is 0 Å². The van der Waals surface area contributed by atoms with E-state index in [1.54, 1.807) is 6.07 Å². The lowest BCUT2D eigenvalue weighted by Gasteiger charge is -2.10. The second-order valence-corrected chi connectivity index (χ2v) is 2.81. The molecule has 0 aliphatic rings. The lowest BCUT2D eigenvalue weighted by atomic mass is 10.1. The molecule has 0 amide bonds. The molecule has 0 aromatic heterocycles. The van der Waals surface area contributed by atoms with Crippen LogP contribution in [0.15, 0.2) is 18.2 Å². The Morgan fingerprint density at radius 1 is 1.54 bits per heavy atom. The molecule has 74 valence electrons. The molecule has 13 heavy (non-hydrogen) atoms. The molecule has 0 saturated heterocycles. The molecule has 1 atom stereocenters. The number of aliphatic hydroxyl groups excluding tert-OH is 1. The van der Waals surface area contributed by atoms with Crippen LogP contribution in [0.2, 0.25) is 5.02 Å². The minimum atomic E-state index is -0.617. The first-order valence-electron chi connectivity index (χ1n) is 3.47. The van der Waals surface area contributed by atoms with Crippen LogP contribution in [0, 0.1) is 5.82 Å². The highest BCUT2D eigenvalue weighted by Crippen LogP contribution is 2.23. The van der Waals surface area contributed by atoms with E-state index in [4.69, 9.17) is 22.4 Å². The highest BCUT2D eigenvalue weighted by atomic mass is 35.5. The zero-order valence-electron chi connectivity index (χ0n) is 6.71. The Bertz CT molecular complexity index is 283. The second-order valence-electron chi connectivity index (χ2n) is 2.43. The average molecular weight is 226 g/mol. The number of nitrogens with two attached hydrogens (primary N) is 1. The first-order valence-corrected chi connectivity index (χ1v) is 3.85. The number of rotatable bonds is 2. The molecular formula is C8H10Cl2FNO. The summed E-state index contributed by atoms with van der Waals surface area (Å²) in [6.07, 6.45) is 0. The first-order chi connectivity index (χ1) is 5.66. The monoisotopic (exact) mass is 225 g/mol. The van der Waals surface area contributed by atoms with Gasteiger partial charge in [0.15, 0.2) is 0 Å². The zero-order chi connectivity index (χ0) is 9.14. The third-order valence-electron chi connectivity index (χ3n) is 1.58. The molecule has 0 bridgehead atoms. The van der Waals surface area contributed by atoms with Crippen LogP contribution in [0.3, 0.4) is 0 Å². The smallest absolute Gasteiger partial charge is 0.142 e. The van der Waals surface area contributed by atoms with Gasteiger partial charge in [-0.15, -0.1) is 12.4 Å². The fourth-order valence-corrected chi connectivity index (χ4v) is 1.17. The van der Waals surface area contributed by atoms with Gasteiger partial charge < -0.3 is 10.8 Å². The zero-order valence-corrected chi connectivity index (χ0v) is 8.28. The van der Waals surface area contributed by atoms with E-state index in [-0.39, 0.29) is 24.0 Å². The Labute approximate surface area is 86.9 Å². The van der Waals surface area contributed by atoms with E-state index in [0.717, 1.165) is 0 Å². The summed E-state index contributed by atoms with van der Waals surface area (Å²) < 4.78 is 12.8. The van der Waals surface area contributed by atoms with E-state index in [2.05, 4.69) is 0 Å². The number of aliphatic hydroxyl groups is 1. The number of benzene rings is 1. The highest BCUT2D eigenvalue weighted by Gasteiger charge is 2.11. The van der Waals surface area contributed by atoms with Gasteiger partial charge in [0.25, 0.3) is 0 Å². The molecule has 1 aromatic rings. The molecule has 0 heterocycles. The van der Waals surface area contributed by atoms with Crippen molar-refractivity contribution in [1.29, 1.82) is 0 Å². The van der Waals surface area contributed by atoms with Crippen LogP contribution in [0.4, 0.5) is 4.39 Å². The topological polar surface area (TPSA) is 46.2 Å². The quantitative estimate of drug-likeness (QED) is 0.808. The summed E-state index contributed by atoms with van der Waals surface area (Å²) in [6, 6.07) is 3.72. The van der Waals surface area contributed by atoms with E-state index < -0.39 is 11.9 Å². The van der Waals surface area contributed by atoms with Crippen molar-refractivity contribution in [3.05, 3.63) is 34.6 Å². The Hall–Kier alpha value is -0.350. The normalized spacial score (nSPS) is 12.0. The molecule has 5 heteroatoms. The molecule has 0 aliphatic heterocycles. The van der Waals surface area contributed by atoms with Gasteiger partial charge in [-0.25, -0.2) is 4.39 Å². The summed E-state index contributed by atoms with van der Waals surface area (Å²) in [4.78, 5) is 0. The fraction of sp³-hybridized carbons (Fsp3) is 0.250. The summed E-state index contributed by atoms with van der Waals surface area (Å²) in [5.41, 5.74) is 5.89. The van der Waals surface area contributed by atoms with Crippen molar-refractivity contribution in [2.24, 2.45) is 5.73 Å². The van der Waals surface area contributed by atoms with Crippen molar-refractivity contribution < 1.29 is 9.50 Å². The molecule has 0 radical (unpaired) electrons. The van der Waals surface area contributed by atoms with Gasteiger partial charge in [0, 0.05) is 0 Å². The predicted molar refractivity (Wildman–Crippen MR) is 52.7 cm³/mol. The summed E-state index contributed by atoms with van der Waals surface area (Å²) in [6.45, 7) is -0.247. The second kappa shape index (κ2) is 5.40. The predicted octanol–water partition coefficient (Wildman–Crippen LogP) is 1.89. The minimum absolute atomic E-state index is 0. The van der Waals surface area contributed by atoms with Gasteiger partial charge in [-0.05, 0) is 11.6 Å². The van der Waals surface area contributed by atoms with Crippen LogP contribution in [0.25, 0.3) is 0 Å². The molecule has 0 aliphatic carbocycles. The molecule has 0 saturated carbocycles. The van der Waals surface area contributed by atoms with Crippen molar-refractivity contribution >= 4 is 24.0 Å². The maximum absolute atomic E-state index is 12.8. The van der Waals surface area contributed by atoms with Crippen molar-refractivity contribution in [1.82, 2.24) is 0 Å². The van der Waals surface area contributed by atoms with E-state index in [1.165, 1.54) is 12.1 Å². The molecular weight excluding hydrogens is 216 g/mol. The number of hydrogen-bond donors (Lipinski definition) is 2. The van der Waals surface area contributed by atoms with Crippen LogP contribution in [-0.4, -0.2) is 11.7 Å². The van der Waals surface area contributed by atoms with Crippen LogP contribution < -0.4 is 5.73 Å². The third-order valence-corrected chi connectivity index (χ3v) is 1.98. The third kappa shape index (κ3) is 2.81. The SMILES string of the molecule is Cl.N[C@@H](CO)c1cccc(F)c1Cl. The lowest BCUT2D eigenvalue weighted by Crippen LogP contribution is -2.15. The van der Waals surface area contributed by atoms with Crippen LogP contribution >= 0.6 is 24.0 Å². The van der Waals surface area contributed by atoms with Gasteiger partial charge in [-0.2, -0.15) is 0 Å². The van der Waals surface area contributed by atoms with Gasteiger partial charge in [0.1, 0.15) is 5.82 Å². The van der Waals surface area contributed by atoms with Crippen LogP contribution in [0.5, 0.6) is 0 Å². The van der Waals surface area contributed by atoms with Crippen molar-refractivity contribution in [2.45, 2.75) is 6.04 Å².